The van der Waals surface area contributed by atoms with Gasteiger partial charge in [0.2, 0.25) is 0 Å². The van der Waals surface area contributed by atoms with Crippen LogP contribution in [0.25, 0.3) is 0 Å². The highest BCUT2D eigenvalue weighted by atomic mass is 79.9. The Hall–Kier alpha value is -0.380. The van der Waals surface area contributed by atoms with Crippen LogP contribution >= 0.6 is 15.9 Å². The fourth-order valence-electron chi connectivity index (χ4n) is 4.01. The molecule has 2 nitrogen and oxygen atoms in total. The van der Waals surface area contributed by atoms with Crippen LogP contribution in [0.3, 0.4) is 0 Å². The Bertz CT molecular complexity index is 498. The number of benzene rings is 1. The van der Waals surface area contributed by atoms with Gasteiger partial charge in [-0.3, -0.25) is 0 Å². The highest BCUT2D eigenvalue weighted by molar-refractivity contribution is 9.10. The minimum atomic E-state index is 0.222. The standard InChI is InChI=1S/C18H26BrNO/c1-3-20-17(16-6-5-15(19)11-13(16)2)14-7-10-21-18(12-14)8-4-9-18/h5-6,11,14,17,20H,3-4,7-10,12H2,1-2H3. The predicted molar refractivity (Wildman–Crippen MR) is 90.6 cm³/mol. The SMILES string of the molecule is CCNC(c1ccc(Br)cc1C)C1CCOC2(CCC2)C1. The van der Waals surface area contributed by atoms with Gasteiger partial charge in [-0.15, -0.1) is 0 Å². The van der Waals surface area contributed by atoms with Crippen molar-refractivity contribution in [3.63, 3.8) is 0 Å². The molecule has 21 heavy (non-hydrogen) atoms. The number of aryl methyl sites for hydroxylation is 1. The van der Waals surface area contributed by atoms with Gasteiger partial charge >= 0.3 is 0 Å². The lowest BCUT2D eigenvalue weighted by molar-refractivity contribution is -0.147. The normalized spacial score (nSPS) is 25.6. The molecule has 2 aliphatic rings. The Labute approximate surface area is 136 Å². The minimum Gasteiger partial charge on any atom is -0.375 e. The van der Waals surface area contributed by atoms with Crippen molar-refractivity contribution in [1.82, 2.24) is 5.32 Å². The molecule has 1 aromatic carbocycles. The largest absolute Gasteiger partial charge is 0.375 e. The smallest absolute Gasteiger partial charge is 0.0686 e. The number of hydrogen-bond acceptors (Lipinski definition) is 2. The number of rotatable bonds is 4. The van der Waals surface area contributed by atoms with E-state index in [2.05, 4.69) is 53.3 Å². The molecule has 0 amide bonds. The fraction of sp³-hybridized carbons (Fsp3) is 0.667. The van der Waals surface area contributed by atoms with Crippen LogP contribution < -0.4 is 5.32 Å². The summed E-state index contributed by atoms with van der Waals surface area (Å²) in [6.45, 7) is 6.38. The van der Waals surface area contributed by atoms with Gasteiger partial charge in [-0.25, -0.2) is 0 Å². The van der Waals surface area contributed by atoms with Gasteiger partial charge in [0.15, 0.2) is 0 Å². The lowest BCUT2D eigenvalue weighted by Crippen LogP contribution is -2.48. The molecule has 1 saturated heterocycles. The van der Waals surface area contributed by atoms with Gasteiger partial charge in [0, 0.05) is 17.1 Å². The lowest BCUT2D eigenvalue weighted by Gasteiger charge is -2.49. The van der Waals surface area contributed by atoms with E-state index in [-0.39, 0.29) is 5.60 Å². The quantitative estimate of drug-likeness (QED) is 0.844. The first-order valence-electron chi connectivity index (χ1n) is 8.27. The van der Waals surface area contributed by atoms with Gasteiger partial charge < -0.3 is 10.1 Å². The second kappa shape index (κ2) is 6.39. The van der Waals surface area contributed by atoms with Crippen molar-refractivity contribution in [2.24, 2.45) is 5.92 Å². The summed E-state index contributed by atoms with van der Waals surface area (Å²) in [4.78, 5) is 0. The number of ether oxygens (including phenoxy) is 1. The Morgan fingerprint density at radius 1 is 1.43 bits per heavy atom. The van der Waals surface area contributed by atoms with Gasteiger partial charge in [-0.1, -0.05) is 28.9 Å². The molecule has 1 aromatic rings. The van der Waals surface area contributed by atoms with E-state index in [4.69, 9.17) is 4.74 Å². The van der Waals surface area contributed by atoms with Crippen molar-refractivity contribution >= 4 is 15.9 Å². The Balaban J connectivity index is 1.83. The summed E-state index contributed by atoms with van der Waals surface area (Å²) in [5.41, 5.74) is 3.06. The van der Waals surface area contributed by atoms with Crippen LogP contribution in [0.2, 0.25) is 0 Å². The highest BCUT2D eigenvalue weighted by Crippen LogP contribution is 2.47. The third-order valence-electron chi connectivity index (χ3n) is 5.26. The van der Waals surface area contributed by atoms with Crippen LogP contribution in [0.15, 0.2) is 22.7 Å². The van der Waals surface area contributed by atoms with Crippen molar-refractivity contribution < 1.29 is 4.74 Å². The van der Waals surface area contributed by atoms with Gasteiger partial charge in [-0.2, -0.15) is 0 Å². The first kappa shape index (κ1) is 15.5. The number of hydrogen-bond donors (Lipinski definition) is 1. The molecule has 0 aromatic heterocycles. The molecule has 2 atom stereocenters. The van der Waals surface area contributed by atoms with E-state index in [1.807, 2.05) is 0 Å². The maximum absolute atomic E-state index is 6.11. The Kier molecular flexibility index (Phi) is 4.72. The number of halogens is 1. The van der Waals surface area contributed by atoms with Crippen LogP contribution in [-0.2, 0) is 4.74 Å². The zero-order valence-corrected chi connectivity index (χ0v) is 14.7. The van der Waals surface area contributed by atoms with Crippen LogP contribution in [0.5, 0.6) is 0 Å². The molecule has 2 unspecified atom stereocenters. The second-order valence-electron chi connectivity index (χ2n) is 6.67. The molecule has 3 rings (SSSR count). The molecule has 1 heterocycles. The van der Waals surface area contributed by atoms with Gasteiger partial charge in [0.25, 0.3) is 0 Å². The van der Waals surface area contributed by atoms with Gasteiger partial charge in [-0.05, 0) is 74.8 Å². The molecule has 0 bridgehead atoms. The van der Waals surface area contributed by atoms with Crippen molar-refractivity contribution in [3.8, 4) is 0 Å². The van der Waals surface area contributed by atoms with Crippen molar-refractivity contribution in [2.45, 2.75) is 57.6 Å². The van der Waals surface area contributed by atoms with Gasteiger partial charge in [0.1, 0.15) is 0 Å². The van der Waals surface area contributed by atoms with Crippen LogP contribution in [0, 0.1) is 12.8 Å². The average molecular weight is 352 g/mol. The number of nitrogens with one attached hydrogen (secondary N) is 1. The maximum Gasteiger partial charge on any atom is 0.0686 e. The lowest BCUT2D eigenvalue weighted by atomic mass is 9.69. The van der Waals surface area contributed by atoms with E-state index in [0.29, 0.717) is 12.0 Å². The van der Waals surface area contributed by atoms with Crippen LogP contribution in [0.4, 0.5) is 0 Å². The zero-order chi connectivity index (χ0) is 14.9. The minimum absolute atomic E-state index is 0.222. The molecule has 2 fully saturated rings. The molecule has 1 N–H and O–H groups in total. The third kappa shape index (κ3) is 3.20. The van der Waals surface area contributed by atoms with E-state index < -0.39 is 0 Å². The molecule has 0 radical (unpaired) electrons. The van der Waals surface area contributed by atoms with E-state index in [1.54, 1.807) is 0 Å². The average Bonchev–Trinajstić information content (AvgIpc) is 2.44. The van der Waals surface area contributed by atoms with Crippen molar-refractivity contribution in [1.29, 1.82) is 0 Å². The Morgan fingerprint density at radius 3 is 2.86 bits per heavy atom. The van der Waals surface area contributed by atoms with E-state index in [1.165, 1.54) is 47.7 Å². The summed E-state index contributed by atoms with van der Waals surface area (Å²) in [7, 11) is 0. The molecule has 1 saturated carbocycles. The monoisotopic (exact) mass is 351 g/mol. The fourth-order valence-corrected chi connectivity index (χ4v) is 4.48. The summed E-state index contributed by atoms with van der Waals surface area (Å²) < 4.78 is 7.28. The highest BCUT2D eigenvalue weighted by Gasteiger charge is 2.44. The molecule has 116 valence electrons. The predicted octanol–water partition coefficient (Wildman–Crippen LogP) is 4.76. The summed E-state index contributed by atoms with van der Waals surface area (Å²) >= 11 is 3.58. The first-order chi connectivity index (χ1) is 10.1. The summed E-state index contributed by atoms with van der Waals surface area (Å²) in [5, 5.41) is 3.74. The van der Waals surface area contributed by atoms with Crippen molar-refractivity contribution in [3.05, 3.63) is 33.8 Å². The maximum atomic E-state index is 6.11. The van der Waals surface area contributed by atoms with Crippen LogP contribution in [-0.4, -0.2) is 18.8 Å². The third-order valence-corrected chi connectivity index (χ3v) is 5.75. The molecule has 3 heteroatoms. The molecular formula is C18H26BrNO. The zero-order valence-electron chi connectivity index (χ0n) is 13.1. The molecule has 1 aliphatic heterocycles. The Morgan fingerprint density at radius 2 is 2.24 bits per heavy atom. The van der Waals surface area contributed by atoms with E-state index >= 15 is 0 Å². The summed E-state index contributed by atoms with van der Waals surface area (Å²) in [6.07, 6.45) is 6.27. The van der Waals surface area contributed by atoms with Gasteiger partial charge in [0.05, 0.1) is 5.60 Å². The second-order valence-corrected chi connectivity index (χ2v) is 7.59. The molecular weight excluding hydrogens is 326 g/mol. The first-order valence-corrected chi connectivity index (χ1v) is 9.06. The molecule has 1 spiro atoms. The summed E-state index contributed by atoms with van der Waals surface area (Å²) in [6, 6.07) is 7.16. The van der Waals surface area contributed by atoms with E-state index in [9.17, 15) is 0 Å². The summed E-state index contributed by atoms with van der Waals surface area (Å²) in [5.74, 6) is 0.693. The topological polar surface area (TPSA) is 21.3 Å². The van der Waals surface area contributed by atoms with Crippen molar-refractivity contribution in [2.75, 3.05) is 13.2 Å². The van der Waals surface area contributed by atoms with E-state index in [0.717, 1.165) is 13.2 Å². The molecule has 1 aliphatic carbocycles. The van der Waals surface area contributed by atoms with Crippen LogP contribution in [0.1, 0.15) is 56.2 Å².